The molecule has 1 amide bonds. The number of piperidine rings is 1. The van der Waals surface area contributed by atoms with Gasteiger partial charge in [-0.15, -0.1) is 0 Å². The van der Waals surface area contributed by atoms with Gasteiger partial charge in [0.15, 0.2) is 6.10 Å². The van der Waals surface area contributed by atoms with Crippen LogP contribution in [0.15, 0.2) is 24.3 Å². The zero-order chi connectivity index (χ0) is 13.0. The fourth-order valence-electron chi connectivity index (χ4n) is 2.31. The van der Waals surface area contributed by atoms with E-state index in [1.165, 1.54) is 6.42 Å². The molecule has 1 aliphatic heterocycles. The molecular weight excluding hydrogens is 226 g/mol. The van der Waals surface area contributed by atoms with Crippen molar-refractivity contribution in [2.24, 2.45) is 0 Å². The van der Waals surface area contributed by atoms with Gasteiger partial charge in [0.25, 0.3) is 5.91 Å². The molecule has 1 heterocycles. The van der Waals surface area contributed by atoms with Crippen molar-refractivity contribution in [3.63, 3.8) is 0 Å². The van der Waals surface area contributed by atoms with Crippen molar-refractivity contribution in [2.75, 3.05) is 13.1 Å². The Morgan fingerprint density at radius 3 is 2.67 bits per heavy atom. The zero-order valence-electron chi connectivity index (χ0n) is 11.2. The van der Waals surface area contributed by atoms with Crippen LogP contribution in [0.3, 0.4) is 0 Å². The highest BCUT2D eigenvalue weighted by Crippen LogP contribution is 2.16. The Kier molecular flexibility index (Phi) is 4.24. The molecule has 18 heavy (non-hydrogen) atoms. The Balaban J connectivity index is 1.94. The van der Waals surface area contributed by atoms with Gasteiger partial charge in [-0.2, -0.15) is 0 Å². The second-order valence-electron chi connectivity index (χ2n) is 4.96. The van der Waals surface area contributed by atoms with Crippen LogP contribution in [0.4, 0.5) is 0 Å². The number of rotatable bonds is 3. The van der Waals surface area contributed by atoms with Crippen LogP contribution in [-0.2, 0) is 4.79 Å². The SMILES string of the molecule is Cc1cccc(O[C@H](C)C(=O)N2CCCCC2)c1. The summed E-state index contributed by atoms with van der Waals surface area (Å²) in [5.74, 6) is 0.879. The molecule has 0 aliphatic carbocycles. The predicted molar refractivity (Wildman–Crippen MR) is 71.7 cm³/mol. The van der Waals surface area contributed by atoms with Gasteiger partial charge in [-0.05, 0) is 50.8 Å². The van der Waals surface area contributed by atoms with Gasteiger partial charge in [-0.1, -0.05) is 12.1 Å². The van der Waals surface area contributed by atoms with Gasteiger partial charge >= 0.3 is 0 Å². The van der Waals surface area contributed by atoms with Crippen LogP contribution in [-0.4, -0.2) is 30.0 Å². The minimum absolute atomic E-state index is 0.108. The fourth-order valence-corrected chi connectivity index (χ4v) is 2.31. The summed E-state index contributed by atoms with van der Waals surface area (Å²) in [5, 5.41) is 0. The molecule has 1 aliphatic rings. The van der Waals surface area contributed by atoms with E-state index in [2.05, 4.69) is 0 Å². The lowest BCUT2D eigenvalue weighted by Gasteiger charge is -2.29. The number of hydrogen-bond acceptors (Lipinski definition) is 2. The Morgan fingerprint density at radius 2 is 2.00 bits per heavy atom. The monoisotopic (exact) mass is 247 g/mol. The second kappa shape index (κ2) is 5.89. The van der Waals surface area contributed by atoms with Crippen LogP contribution >= 0.6 is 0 Å². The third kappa shape index (κ3) is 3.25. The Labute approximate surface area is 109 Å². The maximum atomic E-state index is 12.2. The highest BCUT2D eigenvalue weighted by atomic mass is 16.5. The molecule has 0 aromatic heterocycles. The summed E-state index contributed by atoms with van der Waals surface area (Å²) in [6.07, 6.45) is 3.06. The number of likely N-dealkylation sites (tertiary alicyclic amines) is 1. The highest BCUT2D eigenvalue weighted by molar-refractivity contribution is 5.81. The van der Waals surface area contributed by atoms with Crippen molar-refractivity contribution in [1.82, 2.24) is 4.90 Å². The number of hydrogen-bond donors (Lipinski definition) is 0. The summed E-state index contributed by atoms with van der Waals surface area (Å²) in [4.78, 5) is 14.1. The maximum Gasteiger partial charge on any atom is 0.263 e. The molecule has 0 N–H and O–H groups in total. The topological polar surface area (TPSA) is 29.5 Å². The Hall–Kier alpha value is -1.51. The summed E-state index contributed by atoms with van der Waals surface area (Å²) in [6.45, 7) is 5.60. The van der Waals surface area contributed by atoms with Gasteiger partial charge in [-0.25, -0.2) is 0 Å². The van der Waals surface area contributed by atoms with Gasteiger partial charge in [0.05, 0.1) is 0 Å². The first-order chi connectivity index (χ1) is 8.66. The van der Waals surface area contributed by atoms with Gasteiger partial charge in [-0.3, -0.25) is 4.79 Å². The molecule has 0 radical (unpaired) electrons. The third-order valence-corrected chi connectivity index (χ3v) is 3.32. The molecule has 1 aromatic rings. The first-order valence-corrected chi connectivity index (χ1v) is 6.69. The minimum Gasteiger partial charge on any atom is -0.481 e. The predicted octanol–water partition coefficient (Wildman–Crippen LogP) is 2.77. The van der Waals surface area contributed by atoms with Gasteiger partial charge in [0, 0.05) is 13.1 Å². The van der Waals surface area contributed by atoms with Crippen molar-refractivity contribution < 1.29 is 9.53 Å². The third-order valence-electron chi connectivity index (χ3n) is 3.32. The van der Waals surface area contributed by atoms with E-state index in [9.17, 15) is 4.79 Å². The van der Waals surface area contributed by atoms with Crippen LogP contribution in [0.5, 0.6) is 5.75 Å². The molecule has 1 saturated heterocycles. The molecular formula is C15H21NO2. The molecule has 1 atom stereocenters. The van der Waals surface area contributed by atoms with Crippen molar-refractivity contribution in [3.8, 4) is 5.75 Å². The highest BCUT2D eigenvalue weighted by Gasteiger charge is 2.23. The van der Waals surface area contributed by atoms with E-state index >= 15 is 0 Å². The van der Waals surface area contributed by atoms with E-state index in [0.717, 1.165) is 37.2 Å². The van der Waals surface area contributed by atoms with E-state index in [4.69, 9.17) is 4.74 Å². The number of ether oxygens (including phenoxy) is 1. The minimum atomic E-state index is -0.398. The number of amides is 1. The molecule has 0 unspecified atom stereocenters. The van der Waals surface area contributed by atoms with E-state index < -0.39 is 6.10 Å². The van der Waals surface area contributed by atoms with Crippen LogP contribution in [0.1, 0.15) is 31.7 Å². The zero-order valence-corrected chi connectivity index (χ0v) is 11.2. The number of carbonyl (C=O) groups excluding carboxylic acids is 1. The van der Waals surface area contributed by atoms with Gasteiger partial charge < -0.3 is 9.64 Å². The van der Waals surface area contributed by atoms with Crippen molar-refractivity contribution in [3.05, 3.63) is 29.8 Å². The first-order valence-electron chi connectivity index (χ1n) is 6.69. The fraction of sp³-hybridized carbons (Fsp3) is 0.533. The van der Waals surface area contributed by atoms with Crippen LogP contribution in [0.25, 0.3) is 0 Å². The number of aryl methyl sites for hydroxylation is 1. The summed E-state index contributed by atoms with van der Waals surface area (Å²) >= 11 is 0. The van der Waals surface area contributed by atoms with Gasteiger partial charge in [0.1, 0.15) is 5.75 Å². The van der Waals surface area contributed by atoms with Crippen LogP contribution in [0.2, 0.25) is 0 Å². The lowest BCUT2D eigenvalue weighted by molar-refractivity contribution is -0.138. The smallest absolute Gasteiger partial charge is 0.263 e. The van der Waals surface area contributed by atoms with Crippen molar-refractivity contribution in [1.29, 1.82) is 0 Å². The normalized spacial score (nSPS) is 17.3. The molecule has 3 heteroatoms. The summed E-state index contributed by atoms with van der Waals surface area (Å²) in [6, 6.07) is 7.82. The van der Waals surface area contributed by atoms with E-state index in [-0.39, 0.29) is 5.91 Å². The van der Waals surface area contributed by atoms with Crippen molar-refractivity contribution in [2.45, 2.75) is 39.2 Å². The lowest BCUT2D eigenvalue weighted by atomic mass is 10.1. The summed E-state index contributed by atoms with van der Waals surface area (Å²) in [7, 11) is 0. The van der Waals surface area contributed by atoms with Crippen LogP contribution < -0.4 is 4.74 Å². The molecule has 1 aromatic carbocycles. The number of carbonyl (C=O) groups is 1. The molecule has 0 bridgehead atoms. The lowest BCUT2D eigenvalue weighted by Crippen LogP contribution is -2.43. The molecule has 2 rings (SSSR count). The first kappa shape index (κ1) is 12.9. The molecule has 1 fully saturated rings. The summed E-state index contributed by atoms with van der Waals surface area (Å²) in [5.41, 5.74) is 1.14. The van der Waals surface area contributed by atoms with E-state index in [1.54, 1.807) is 0 Å². The Morgan fingerprint density at radius 1 is 1.28 bits per heavy atom. The molecule has 3 nitrogen and oxygen atoms in total. The van der Waals surface area contributed by atoms with Crippen molar-refractivity contribution >= 4 is 5.91 Å². The second-order valence-corrected chi connectivity index (χ2v) is 4.96. The van der Waals surface area contributed by atoms with E-state index in [0.29, 0.717) is 0 Å². The van der Waals surface area contributed by atoms with E-state index in [1.807, 2.05) is 43.0 Å². The summed E-state index contributed by atoms with van der Waals surface area (Å²) < 4.78 is 5.72. The molecule has 0 saturated carbocycles. The number of benzene rings is 1. The van der Waals surface area contributed by atoms with Gasteiger partial charge in [0.2, 0.25) is 0 Å². The number of nitrogens with zero attached hydrogens (tertiary/aromatic N) is 1. The Bertz CT molecular complexity index is 411. The maximum absolute atomic E-state index is 12.2. The average molecular weight is 247 g/mol. The average Bonchev–Trinajstić information content (AvgIpc) is 2.39. The van der Waals surface area contributed by atoms with Crippen LogP contribution in [0, 0.1) is 6.92 Å². The standard InChI is InChI=1S/C15H21NO2/c1-12-7-6-8-14(11-12)18-13(2)15(17)16-9-4-3-5-10-16/h6-8,11,13H,3-5,9-10H2,1-2H3/t13-/m1/s1. The molecule has 98 valence electrons. The molecule has 0 spiro atoms. The largest absolute Gasteiger partial charge is 0.481 e. The quantitative estimate of drug-likeness (QED) is 0.822.